The number of nitrogens with two attached hydrogens (primary N) is 1. The van der Waals surface area contributed by atoms with Crippen molar-refractivity contribution in [2.24, 2.45) is 0 Å². The third-order valence-electron chi connectivity index (χ3n) is 5.30. The molecule has 2 aromatic heterocycles. The molecule has 4 aromatic rings. The lowest BCUT2D eigenvalue weighted by Gasteiger charge is -2.20. The number of nitrogen functional groups attached to an aromatic ring is 1. The molecule has 4 N–H and O–H groups in total. The Morgan fingerprint density at radius 3 is 2.58 bits per heavy atom. The van der Waals surface area contributed by atoms with Gasteiger partial charge in [0, 0.05) is 18.9 Å². The molecule has 162 valence electrons. The molecule has 0 amide bonds. The molecule has 0 aliphatic carbocycles. The summed E-state index contributed by atoms with van der Waals surface area (Å²) in [6, 6.07) is 13.8. The van der Waals surface area contributed by atoms with Crippen molar-refractivity contribution in [2.75, 3.05) is 19.5 Å². The summed E-state index contributed by atoms with van der Waals surface area (Å²) in [5.41, 5.74) is 10.5. The third-order valence-corrected chi connectivity index (χ3v) is 5.30. The number of hydrogen-bond donors (Lipinski definition) is 3. The van der Waals surface area contributed by atoms with Gasteiger partial charge in [-0.15, -0.1) is 0 Å². The number of benzene rings is 2. The normalized spacial score (nSPS) is 12.2. The minimum atomic E-state index is -0.926. The summed E-state index contributed by atoms with van der Waals surface area (Å²) in [7, 11) is 1.65. The number of methoxy groups -OCH3 is 1. The zero-order chi connectivity index (χ0) is 22.2. The summed E-state index contributed by atoms with van der Waals surface area (Å²) >= 11 is 0. The Kier molecular flexibility index (Phi) is 5.66. The van der Waals surface area contributed by atoms with E-state index in [1.807, 2.05) is 47.0 Å². The quantitative estimate of drug-likeness (QED) is 0.424. The first-order valence-corrected chi connectivity index (χ1v) is 10.3. The Bertz CT molecular complexity index is 1240. The van der Waals surface area contributed by atoms with Crippen LogP contribution in [0.25, 0.3) is 33.1 Å². The van der Waals surface area contributed by atoms with Crippen LogP contribution in [0, 0.1) is 0 Å². The predicted octanol–water partition coefficient (Wildman–Crippen LogP) is 3.29. The van der Waals surface area contributed by atoms with Crippen molar-refractivity contribution in [3.8, 4) is 11.1 Å². The molecule has 0 bridgehead atoms. The molecule has 0 saturated carbocycles. The highest BCUT2D eigenvalue weighted by molar-refractivity contribution is 6.07. The van der Waals surface area contributed by atoms with Gasteiger partial charge in [0.1, 0.15) is 11.3 Å². The monoisotopic (exact) mass is 420 g/mol. The van der Waals surface area contributed by atoms with Gasteiger partial charge in [0.25, 0.3) is 0 Å². The van der Waals surface area contributed by atoms with Crippen molar-refractivity contribution in [3.05, 3.63) is 53.9 Å². The highest BCUT2D eigenvalue weighted by atomic mass is 16.5. The van der Waals surface area contributed by atoms with Crippen LogP contribution in [-0.4, -0.2) is 44.1 Å². The molecule has 0 aliphatic heterocycles. The fourth-order valence-electron chi connectivity index (χ4n) is 3.93. The number of rotatable bonds is 7. The number of anilines is 1. The molecule has 0 fully saturated rings. The predicted molar refractivity (Wildman–Crippen MR) is 123 cm³/mol. The maximum absolute atomic E-state index is 10.5. The van der Waals surface area contributed by atoms with Gasteiger partial charge in [-0.05, 0) is 42.7 Å². The molecule has 0 spiro atoms. The Morgan fingerprint density at radius 2 is 1.87 bits per heavy atom. The van der Waals surface area contributed by atoms with Crippen LogP contribution in [0.2, 0.25) is 0 Å². The van der Waals surface area contributed by atoms with E-state index in [-0.39, 0.29) is 6.61 Å². The van der Waals surface area contributed by atoms with Crippen LogP contribution in [0.1, 0.15) is 25.2 Å². The largest absolute Gasteiger partial charge is 0.392 e. The molecule has 0 atom stereocenters. The van der Waals surface area contributed by atoms with Gasteiger partial charge in [0.15, 0.2) is 5.82 Å². The molecule has 0 radical (unpaired) electrons. The third kappa shape index (κ3) is 4.25. The van der Waals surface area contributed by atoms with Crippen molar-refractivity contribution in [1.29, 1.82) is 0 Å². The van der Waals surface area contributed by atoms with Gasteiger partial charge in [0.2, 0.25) is 0 Å². The molecule has 7 nitrogen and oxygen atoms in total. The topological polar surface area (TPSA) is 106 Å². The highest BCUT2D eigenvalue weighted by Gasteiger charge is 2.22. The van der Waals surface area contributed by atoms with Crippen LogP contribution >= 0.6 is 0 Å². The summed E-state index contributed by atoms with van der Waals surface area (Å²) in [6.45, 7) is 4.44. The van der Waals surface area contributed by atoms with Gasteiger partial charge in [-0.2, -0.15) is 0 Å². The number of pyridine rings is 1. The number of fused-ring (bicyclic) bond motifs is 3. The number of aromatic nitrogens is 3. The maximum atomic E-state index is 10.5. The summed E-state index contributed by atoms with van der Waals surface area (Å²) < 4.78 is 7.28. The van der Waals surface area contributed by atoms with Crippen LogP contribution in [-0.2, 0) is 24.3 Å². The lowest BCUT2D eigenvalue weighted by Crippen LogP contribution is -2.27. The van der Waals surface area contributed by atoms with E-state index in [2.05, 4.69) is 4.98 Å². The van der Waals surface area contributed by atoms with Crippen molar-refractivity contribution in [1.82, 2.24) is 14.5 Å². The molecule has 4 rings (SSSR count). The van der Waals surface area contributed by atoms with Crippen LogP contribution in [0.3, 0.4) is 0 Å². The molecule has 2 heterocycles. The standard InChI is InChI=1S/C24H28N4O3/c1-24(2,30)14-28-20(9-10-31-3)27-21-22(28)18-8-7-17(12-19(18)26-23(21)25)16-6-4-5-15(11-16)13-29/h4-8,11-12,29-30H,9-10,13-14H2,1-3H3,(H2,25,26). The van der Waals surface area contributed by atoms with Crippen LogP contribution in [0.5, 0.6) is 0 Å². The van der Waals surface area contributed by atoms with E-state index in [0.29, 0.717) is 30.9 Å². The first-order valence-electron chi connectivity index (χ1n) is 10.3. The van der Waals surface area contributed by atoms with Crippen LogP contribution in [0.4, 0.5) is 5.82 Å². The Morgan fingerprint density at radius 1 is 1.10 bits per heavy atom. The smallest absolute Gasteiger partial charge is 0.152 e. The maximum Gasteiger partial charge on any atom is 0.152 e. The fraction of sp³-hybridized carbons (Fsp3) is 0.333. The summed E-state index contributed by atoms with van der Waals surface area (Å²) in [5, 5.41) is 20.9. The Labute approximate surface area is 181 Å². The summed E-state index contributed by atoms with van der Waals surface area (Å²) in [6.07, 6.45) is 0.605. The number of ether oxygens (including phenoxy) is 1. The minimum absolute atomic E-state index is 0.00633. The molecular weight excluding hydrogens is 392 g/mol. The Hall–Kier alpha value is -3.00. The zero-order valence-corrected chi connectivity index (χ0v) is 18.1. The van der Waals surface area contributed by atoms with Gasteiger partial charge in [-0.3, -0.25) is 0 Å². The van der Waals surface area contributed by atoms with Crippen molar-refractivity contribution in [3.63, 3.8) is 0 Å². The number of nitrogens with zero attached hydrogens (tertiary/aromatic N) is 3. The molecule has 7 heteroatoms. The van der Waals surface area contributed by atoms with E-state index in [4.69, 9.17) is 15.5 Å². The fourth-order valence-corrected chi connectivity index (χ4v) is 3.93. The van der Waals surface area contributed by atoms with E-state index in [9.17, 15) is 10.2 Å². The average Bonchev–Trinajstić information content (AvgIpc) is 3.09. The molecule has 0 saturated heterocycles. The highest BCUT2D eigenvalue weighted by Crippen LogP contribution is 2.33. The summed E-state index contributed by atoms with van der Waals surface area (Å²) in [4.78, 5) is 9.37. The molecule has 2 aromatic carbocycles. The summed E-state index contributed by atoms with van der Waals surface area (Å²) in [5.74, 6) is 1.16. The second-order valence-corrected chi connectivity index (χ2v) is 8.45. The van der Waals surface area contributed by atoms with Crippen molar-refractivity contribution in [2.45, 2.75) is 39.0 Å². The van der Waals surface area contributed by atoms with E-state index in [1.54, 1.807) is 21.0 Å². The molecule has 31 heavy (non-hydrogen) atoms. The van der Waals surface area contributed by atoms with Crippen molar-refractivity contribution < 1.29 is 14.9 Å². The second kappa shape index (κ2) is 8.26. The van der Waals surface area contributed by atoms with Gasteiger partial charge in [-0.25, -0.2) is 9.97 Å². The zero-order valence-electron chi connectivity index (χ0n) is 18.1. The SMILES string of the molecule is COCCc1nc2c(N)nc3cc(-c4cccc(CO)c4)ccc3c2n1CC(C)(C)O. The van der Waals surface area contributed by atoms with Gasteiger partial charge in [0.05, 0.1) is 36.4 Å². The molecule has 0 aliphatic rings. The number of aliphatic hydroxyl groups excluding tert-OH is 1. The van der Waals surface area contributed by atoms with E-state index < -0.39 is 5.60 Å². The molecule has 0 unspecified atom stereocenters. The minimum Gasteiger partial charge on any atom is -0.392 e. The lowest BCUT2D eigenvalue weighted by molar-refractivity contribution is 0.0615. The number of imidazole rings is 1. The van der Waals surface area contributed by atoms with Crippen molar-refractivity contribution >= 4 is 27.8 Å². The van der Waals surface area contributed by atoms with E-state index in [1.165, 1.54) is 0 Å². The Balaban J connectivity index is 1.94. The number of hydrogen-bond acceptors (Lipinski definition) is 6. The van der Waals surface area contributed by atoms with E-state index >= 15 is 0 Å². The molecular formula is C24H28N4O3. The lowest BCUT2D eigenvalue weighted by atomic mass is 10.0. The van der Waals surface area contributed by atoms with Crippen LogP contribution < -0.4 is 5.73 Å². The average molecular weight is 421 g/mol. The van der Waals surface area contributed by atoms with Gasteiger partial charge >= 0.3 is 0 Å². The first-order chi connectivity index (χ1) is 14.8. The number of aliphatic hydroxyl groups is 2. The first kappa shape index (κ1) is 21.2. The van der Waals surface area contributed by atoms with Gasteiger partial charge in [-0.1, -0.05) is 30.3 Å². The second-order valence-electron chi connectivity index (χ2n) is 8.45. The van der Waals surface area contributed by atoms with Gasteiger partial charge < -0.3 is 25.3 Å². The van der Waals surface area contributed by atoms with E-state index in [0.717, 1.165) is 38.9 Å². The van der Waals surface area contributed by atoms with Crippen LogP contribution in [0.15, 0.2) is 42.5 Å².